The quantitative estimate of drug-likeness (QED) is 0.354. The lowest BCUT2D eigenvalue weighted by Gasteiger charge is -2.27. The van der Waals surface area contributed by atoms with Crippen LogP contribution < -0.4 is 9.64 Å². The van der Waals surface area contributed by atoms with Crippen molar-refractivity contribution < 1.29 is 32.2 Å². The van der Waals surface area contributed by atoms with Crippen molar-refractivity contribution >= 4 is 17.5 Å². The van der Waals surface area contributed by atoms with Crippen molar-refractivity contribution in [2.45, 2.75) is 32.0 Å². The fraction of sp³-hybridized carbons (Fsp3) is 0.409. The van der Waals surface area contributed by atoms with E-state index in [-0.39, 0.29) is 24.0 Å². The van der Waals surface area contributed by atoms with E-state index < -0.39 is 17.8 Å². The molecule has 0 N–H and O–H groups in total. The molecule has 172 valence electrons. The number of esters is 1. The van der Waals surface area contributed by atoms with Crippen LogP contribution in [-0.2, 0) is 27.1 Å². The standard InChI is InChI=1S/C22H24F3N3O4/c1-30-14-17(20(29)31-2)16-9-5-4-8-15(16)13-32-19-12-18(22(23,24)25)26-21(27-19)28-10-6-3-7-11-28/h4-5,8-9,12,14H,3,6-7,10-11,13H2,1-2H3/b17-14+. The van der Waals surface area contributed by atoms with Crippen molar-refractivity contribution in [1.82, 2.24) is 9.97 Å². The van der Waals surface area contributed by atoms with E-state index >= 15 is 0 Å². The number of hydrogen-bond acceptors (Lipinski definition) is 7. The molecule has 0 radical (unpaired) electrons. The number of methoxy groups -OCH3 is 2. The van der Waals surface area contributed by atoms with Crippen LogP contribution in [0.5, 0.6) is 5.88 Å². The average molecular weight is 451 g/mol. The van der Waals surface area contributed by atoms with Crippen LogP contribution in [0.4, 0.5) is 19.1 Å². The summed E-state index contributed by atoms with van der Waals surface area (Å²) in [5.41, 5.74) is 0.114. The number of alkyl halides is 3. The first kappa shape index (κ1) is 23.4. The zero-order valence-corrected chi connectivity index (χ0v) is 17.8. The number of hydrogen-bond donors (Lipinski definition) is 0. The summed E-state index contributed by atoms with van der Waals surface area (Å²) in [6, 6.07) is 7.58. The van der Waals surface area contributed by atoms with Crippen LogP contribution in [0, 0.1) is 0 Å². The Morgan fingerprint density at radius 3 is 2.50 bits per heavy atom. The van der Waals surface area contributed by atoms with Crippen molar-refractivity contribution in [3.8, 4) is 5.88 Å². The number of carbonyl (C=O) groups excluding carboxylic acids is 1. The van der Waals surface area contributed by atoms with Gasteiger partial charge in [0.25, 0.3) is 0 Å². The Bertz CT molecular complexity index is 973. The third-order valence-corrected chi connectivity index (χ3v) is 4.94. The Kier molecular flexibility index (Phi) is 7.55. The van der Waals surface area contributed by atoms with Crippen molar-refractivity contribution in [3.05, 3.63) is 53.4 Å². The van der Waals surface area contributed by atoms with Gasteiger partial charge in [-0.1, -0.05) is 24.3 Å². The molecule has 0 bridgehead atoms. The topological polar surface area (TPSA) is 73.8 Å². The number of halogens is 3. The lowest BCUT2D eigenvalue weighted by molar-refractivity contribution is -0.141. The third kappa shape index (κ3) is 5.68. The maximum atomic E-state index is 13.4. The van der Waals surface area contributed by atoms with Gasteiger partial charge in [0.2, 0.25) is 11.8 Å². The molecule has 1 fully saturated rings. The highest BCUT2D eigenvalue weighted by Crippen LogP contribution is 2.32. The molecule has 2 aromatic rings. The first-order valence-electron chi connectivity index (χ1n) is 10.1. The summed E-state index contributed by atoms with van der Waals surface area (Å²) in [7, 11) is 2.64. The Morgan fingerprint density at radius 2 is 1.84 bits per heavy atom. The number of nitrogens with zero attached hydrogens (tertiary/aromatic N) is 3. The highest BCUT2D eigenvalue weighted by atomic mass is 19.4. The van der Waals surface area contributed by atoms with Crippen molar-refractivity contribution in [2.75, 3.05) is 32.2 Å². The molecule has 0 unspecified atom stereocenters. The predicted octanol–water partition coefficient (Wildman–Crippen LogP) is 4.23. The number of aromatic nitrogens is 2. The van der Waals surface area contributed by atoms with E-state index in [1.807, 2.05) is 0 Å². The van der Waals surface area contributed by atoms with E-state index in [1.54, 1.807) is 29.2 Å². The summed E-state index contributed by atoms with van der Waals surface area (Å²) in [5, 5.41) is 0. The highest BCUT2D eigenvalue weighted by Gasteiger charge is 2.34. The van der Waals surface area contributed by atoms with Gasteiger partial charge in [-0.15, -0.1) is 0 Å². The fourth-order valence-corrected chi connectivity index (χ4v) is 3.38. The second-order valence-corrected chi connectivity index (χ2v) is 7.14. The van der Waals surface area contributed by atoms with E-state index in [0.29, 0.717) is 24.2 Å². The summed E-state index contributed by atoms with van der Waals surface area (Å²) in [6.45, 7) is 1.06. The van der Waals surface area contributed by atoms with Gasteiger partial charge in [-0.3, -0.25) is 0 Å². The van der Waals surface area contributed by atoms with Crippen molar-refractivity contribution in [2.24, 2.45) is 0 Å². The normalized spacial score (nSPS) is 14.8. The van der Waals surface area contributed by atoms with Crippen LogP contribution in [0.25, 0.3) is 5.57 Å². The van der Waals surface area contributed by atoms with E-state index in [0.717, 1.165) is 25.3 Å². The second kappa shape index (κ2) is 10.3. The fourth-order valence-electron chi connectivity index (χ4n) is 3.38. The Morgan fingerprint density at radius 1 is 1.12 bits per heavy atom. The maximum absolute atomic E-state index is 13.4. The number of piperidine rings is 1. The number of benzene rings is 1. The molecule has 0 spiro atoms. The van der Waals surface area contributed by atoms with Crippen molar-refractivity contribution in [1.29, 1.82) is 0 Å². The Balaban J connectivity index is 1.90. The number of rotatable bonds is 7. The average Bonchev–Trinajstić information content (AvgIpc) is 2.81. The van der Waals surface area contributed by atoms with Crippen LogP contribution in [0.3, 0.4) is 0 Å². The van der Waals surface area contributed by atoms with Crippen molar-refractivity contribution in [3.63, 3.8) is 0 Å². The molecule has 0 amide bonds. The summed E-state index contributed by atoms with van der Waals surface area (Å²) in [6.07, 6.45) is -0.641. The Labute approximate surface area is 183 Å². The minimum Gasteiger partial charge on any atom is -0.503 e. The SMILES string of the molecule is CO/C=C(/C(=O)OC)c1ccccc1COc1cc(C(F)(F)F)nc(N2CCCCC2)n1. The van der Waals surface area contributed by atoms with E-state index in [1.165, 1.54) is 20.5 Å². The van der Waals surface area contributed by atoms with Crippen LogP contribution in [0.2, 0.25) is 0 Å². The van der Waals surface area contributed by atoms with Gasteiger partial charge in [-0.05, 0) is 30.4 Å². The monoisotopic (exact) mass is 451 g/mol. The van der Waals surface area contributed by atoms with Gasteiger partial charge in [0.15, 0.2) is 5.69 Å². The molecule has 0 saturated carbocycles. The molecule has 1 saturated heterocycles. The molecule has 0 aliphatic carbocycles. The summed E-state index contributed by atoms with van der Waals surface area (Å²) >= 11 is 0. The molecule has 32 heavy (non-hydrogen) atoms. The highest BCUT2D eigenvalue weighted by molar-refractivity contribution is 6.16. The van der Waals surface area contributed by atoms with Gasteiger partial charge < -0.3 is 19.1 Å². The molecule has 1 aliphatic rings. The molecule has 0 atom stereocenters. The minimum atomic E-state index is -4.64. The zero-order chi connectivity index (χ0) is 23.1. The molecular formula is C22H24F3N3O4. The number of carbonyl (C=O) groups is 1. The molecule has 2 heterocycles. The Hall–Kier alpha value is -3.30. The van der Waals surface area contributed by atoms with Crippen LogP contribution >= 0.6 is 0 Å². The van der Waals surface area contributed by atoms with Gasteiger partial charge in [0.05, 0.1) is 20.5 Å². The van der Waals surface area contributed by atoms with E-state index in [4.69, 9.17) is 14.2 Å². The predicted molar refractivity (Wildman–Crippen MR) is 111 cm³/mol. The lowest BCUT2D eigenvalue weighted by atomic mass is 10.0. The van der Waals surface area contributed by atoms with Crippen LogP contribution in [-0.4, -0.2) is 43.2 Å². The molecule has 3 rings (SSSR count). The van der Waals surface area contributed by atoms with Crippen LogP contribution in [0.1, 0.15) is 36.1 Å². The molecule has 1 aliphatic heterocycles. The summed E-state index contributed by atoms with van der Waals surface area (Å²) < 4.78 is 55.7. The number of ether oxygens (including phenoxy) is 3. The van der Waals surface area contributed by atoms with Gasteiger partial charge in [0, 0.05) is 19.2 Å². The molecular weight excluding hydrogens is 427 g/mol. The van der Waals surface area contributed by atoms with Gasteiger partial charge in [0.1, 0.15) is 12.2 Å². The first-order chi connectivity index (χ1) is 15.3. The van der Waals surface area contributed by atoms with Crippen LogP contribution in [0.15, 0.2) is 36.6 Å². The smallest absolute Gasteiger partial charge is 0.433 e. The van der Waals surface area contributed by atoms with Gasteiger partial charge >= 0.3 is 12.1 Å². The zero-order valence-electron chi connectivity index (χ0n) is 17.8. The largest absolute Gasteiger partial charge is 0.503 e. The summed E-state index contributed by atoms with van der Waals surface area (Å²) in [5.74, 6) is -0.816. The lowest BCUT2D eigenvalue weighted by Crippen LogP contribution is -2.31. The summed E-state index contributed by atoms with van der Waals surface area (Å²) in [4.78, 5) is 21.8. The van der Waals surface area contributed by atoms with E-state index in [9.17, 15) is 18.0 Å². The molecule has 10 heteroatoms. The van der Waals surface area contributed by atoms with E-state index in [2.05, 4.69) is 9.97 Å². The third-order valence-electron chi connectivity index (χ3n) is 4.94. The van der Waals surface area contributed by atoms with Gasteiger partial charge in [-0.25, -0.2) is 9.78 Å². The maximum Gasteiger partial charge on any atom is 0.433 e. The molecule has 1 aromatic heterocycles. The molecule has 1 aromatic carbocycles. The van der Waals surface area contributed by atoms with Gasteiger partial charge in [-0.2, -0.15) is 18.2 Å². The first-order valence-corrected chi connectivity index (χ1v) is 10.1. The minimum absolute atomic E-state index is 0.00246. The second-order valence-electron chi connectivity index (χ2n) is 7.14. The number of anilines is 1. The molecule has 7 nitrogen and oxygen atoms in total.